The van der Waals surface area contributed by atoms with Gasteiger partial charge >= 0.3 is 0 Å². The van der Waals surface area contributed by atoms with Crippen LogP contribution in [0.25, 0.3) is 0 Å². The summed E-state index contributed by atoms with van der Waals surface area (Å²) in [5.41, 5.74) is 0.720. The molecule has 0 heterocycles. The van der Waals surface area contributed by atoms with Crippen molar-refractivity contribution in [2.45, 2.75) is 63.8 Å². The number of benzene rings is 1. The maximum atomic E-state index is 12.5. The summed E-state index contributed by atoms with van der Waals surface area (Å²) in [5.74, 6) is 1.57. The van der Waals surface area contributed by atoms with E-state index in [0.29, 0.717) is 17.0 Å². The minimum Gasteiger partial charge on any atom is -0.349 e. The van der Waals surface area contributed by atoms with Crippen LogP contribution in [-0.4, -0.2) is 11.9 Å². The molecule has 22 heavy (non-hydrogen) atoms. The summed E-state index contributed by atoms with van der Waals surface area (Å²) in [5, 5.41) is 4.00. The second-order valence-corrected chi connectivity index (χ2v) is 7.37. The second-order valence-electron chi connectivity index (χ2n) is 6.93. The predicted molar refractivity (Wildman–Crippen MR) is 91.2 cm³/mol. The Balaban J connectivity index is 1.65. The summed E-state index contributed by atoms with van der Waals surface area (Å²) in [6.45, 7) is 0. The minimum atomic E-state index is 0.0596. The summed E-state index contributed by atoms with van der Waals surface area (Å²) < 4.78 is 0. The second kappa shape index (κ2) is 7.50. The first-order valence-corrected chi connectivity index (χ1v) is 9.18. The van der Waals surface area contributed by atoms with E-state index in [9.17, 15) is 4.79 Å². The number of amides is 1. The zero-order valence-corrected chi connectivity index (χ0v) is 13.9. The molecule has 2 aliphatic carbocycles. The van der Waals surface area contributed by atoms with Crippen LogP contribution in [0.1, 0.15) is 68.1 Å². The van der Waals surface area contributed by atoms with Gasteiger partial charge in [0.1, 0.15) is 0 Å². The highest BCUT2D eigenvalue weighted by Gasteiger charge is 2.33. The van der Waals surface area contributed by atoms with E-state index >= 15 is 0 Å². The molecule has 120 valence electrons. The number of carbonyl (C=O) groups excluding carboxylic acids is 1. The number of rotatable bonds is 3. The quantitative estimate of drug-likeness (QED) is 0.814. The van der Waals surface area contributed by atoms with E-state index in [1.165, 1.54) is 51.4 Å². The fourth-order valence-corrected chi connectivity index (χ4v) is 4.44. The van der Waals surface area contributed by atoms with Gasteiger partial charge in [-0.15, -0.1) is 0 Å². The third-order valence-electron chi connectivity index (χ3n) is 5.50. The minimum absolute atomic E-state index is 0.0596. The maximum absolute atomic E-state index is 12.5. The Morgan fingerprint density at radius 1 is 0.909 bits per heavy atom. The van der Waals surface area contributed by atoms with Crippen LogP contribution >= 0.6 is 11.6 Å². The van der Waals surface area contributed by atoms with Gasteiger partial charge in [0.25, 0.3) is 5.91 Å². The van der Waals surface area contributed by atoms with Crippen molar-refractivity contribution in [3.8, 4) is 0 Å². The lowest BCUT2D eigenvalue weighted by molar-refractivity contribution is 0.0859. The van der Waals surface area contributed by atoms with Gasteiger partial charge in [0, 0.05) is 16.6 Å². The van der Waals surface area contributed by atoms with Crippen LogP contribution < -0.4 is 5.32 Å². The third-order valence-corrected chi connectivity index (χ3v) is 5.75. The van der Waals surface area contributed by atoms with Crippen molar-refractivity contribution < 1.29 is 4.79 Å². The van der Waals surface area contributed by atoms with E-state index in [2.05, 4.69) is 5.32 Å². The smallest absolute Gasteiger partial charge is 0.251 e. The normalized spacial score (nSPS) is 26.6. The van der Waals surface area contributed by atoms with Crippen molar-refractivity contribution in [3.63, 3.8) is 0 Å². The lowest BCUT2D eigenvalue weighted by atomic mass is 9.71. The number of nitrogens with one attached hydrogen (secondary N) is 1. The Morgan fingerprint density at radius 3 is 2.27 bits per heavy atom. The first-order chi connectivity index (χ1) is 10.7. The molecule has 0 saturated heterocycles. The fraction of sp³-hybridized carbons (Fsp3) is 0.632. The Morgan fingerprint density at radius 2 is 1.55 bits per heavy atom. The Hall–Kier alpha value is -1.02. The van der Waals surface area contributed by atoms with Crippen LogP contribution in [-0.2, 0) is 0 Å². The van der Waals surface area contributed by atoms with E-state index in [4.69, 9.17) is 11.6 Å². The van der Waals surface area contributed by atoms with E-state index in [1.54, 1.807) is 12.1 Å². The molecule has 1 amide bonds. The highest BCUT2D eigenvalue weighted by atomic mass is 35.5. The van der Waals surface area contributed by atoms with Crippen LogP contribution in [0.2, 0.25) is 5.02 Å². The van der Waals surface area contributed by atoms with Crippen molar-refractivity contribution in [1.82, 2.24) is 5.32 Å². The van der Waals surface area contributed by atoms with Gasteiger partial charge in [-0.2, -0.15) is 0 Å². The molecule has 1 aromatic rings. The van der Waals surface area contributed by atoms with E-state index in [1.807, 2.05) is 12.1 Å². The van der Waals surface area contributed by atoms with E-state index < -0.39 is 0 Å². The van der Waals surface area contributed by atoms with E-state index in [0.717, 1.165) is 17.9 Å². The molecule has 2 aliphatic rings. The molecule has 0 aliphatic heterocycles. The monoisotopic (exact) mass is 319 g/mol. The lowest BCUT2D eigenvalue weighted by Crippen LogP contribution is -2.45. The molecule has 0 bridgehead atoms. The third kappa shape index (κ3) is 3.84. The standard InChI is InChI=1S/C19H26ClNO/c20-16-12-10-15(11-13-16)19(22)21-18-9-5-4-8-17(18)14-6-2-1-3-7-14/h10-14,17-18H,1-9H2,(H,21,22)/t17-,18+/m0/s1. The average Bonchev–Trinajstić information content (AvgIpc) is 2.57. The highest BCUT2D eigenvalue weighted by Crippen LogP contribution is 2.38. The molecule has 2 atom stereocenters. The number of hydrogen-bond acceptors (Lipinski definition) is 1. The van der Waals surface area contributed by atoms with Gasteiger partial charge in [-0.05, 0) is 48.9 Å². The SMILES string of the molecule is O=C(N[C@@H]1CCCC[C@H]1C1CCCCC1)c1ccc(Cl)cc1. The topological polar surface area (TPSA) is 29.1 Å². The summed E-state index contributed by atoms with van der Waals surface area (Å²) in [6, 6.07) is 7.57. The van der Waals surface area contributed by atoms with Crippen LogP contribution in [0.5, 0.6) is 0 Å². The lowest BCUT2D eigenvalue weighted by Gasteiger charge is -2.39. The largest absolute Gasteiger partial charge is 0.349 e. The highest BCUT2D eigenvalue weighted by molar-refractivity contribution is 6.30. The molecule has 2 saturated carbocycles. The van der Waals surface area contributed by atoms with Gasteiger partial charge in [-0.1, -0.05) is 56.5 Å². The molecule has 1 aromatic carbocycles. The van der Waals surface area contributed by atoms with Crippen molar-refractivity contribution in [3.05, 3.63) is 34.9 Å². The molecule has 3 rings (SSSR count). The van der Waals surface area contributed by atoms with Crippen LogP contribution in [0.15, 0.2) is 24.3 Å². The Kier molecular flexibility index (Phi) is 5.41. The van der Waals surface area contributed by atoms with Crippen LogP contribution in [0.3, 0.4) is 0 Å². The maximum Gasteiger partial charge on any atom is 0.251 e. The van der Waals surface area contributed by atoms with Crippen molar-refractivity contribution in [2.24, 2.45) is 11.8 Å². The van der Waals surface area contributed by atoms with Crippen LogP contribution in [0, 0.1) is 11.8 Å². The van der Waals surface area contributed by atoms with Gasteiger partial charge in [0.15, 0.2) is 0 Å². The van der Waals surface area contributed by atoms with Gasteiger partial charge < -0.3 is 5.32 Å². The molecule has 0 aromatic heterocycles. The zero-order valence-electron chi connectivity index (χ0n) is 13.2. The van der Waals surface area contributed by atoms with Crippen molar-refractivity contribution >= 4 is 17.5 Å². The summed E-state index contributed by atoms with van der Waals surface area (Å²) in [4.78, 5) is 12.5. The predicted octanol–water partition coefficient (Wildman–Crippen LogP) is 5.21. The molecule has 2 nitrogen and oxygen atoms in total. The number of halogens is 1. The molecule has 2 fully saturated rings. The van der Waals surface area contributed by atoms with Gasteiger partial charge in [0.05, 0.1) is 0 Å². The molecular weight excluding hydrogens is 294 g/mol. The van der Waals surface area contributed by atoms with Crippen molar-refractivity contribution in [1.29, 1.82) is 0 Å². The van der Waals surface area contributed by atoms with Gasteiger partial charge in [0.2, 0.25) is 0 Å². The molecule has 3 heteroatoms. The molecule has 0 unspecified atom stereocenters. The summed E-state index contributed by atoms with van der Waals surface area (Å²) in [6.07, 6.45) is 11.9. The summed E-state index contributed by atoms with van der Waals surface area (Å²) >= 11 is 5.90. The first-order valence-electron chi connectivity index (χ1n) is 8.80. The van der Waals surface area contributed by atoms with E-state index in [-0.39, 0.29) is 5.91 Å². The molecule has 0 radical (unpaired) electrons. The molecule has 0 spiro atoms. The summed E-state index contributed by atoms with van der Waals surface area (Å²) in [7, 11) is 0. The first kappa shape index (κ1) is 15.9. The Bertz CT molecular complexity index is 493. The fourth-order valence-electron chi connectivity index (χ4n) is 4.32. The zero-order chi connectivity index (χ0) is 15.4. The van der Waals surface area contributed by atoms with Crippen LogP contribution in [0.4, 0.5) is 0 Å². The molecular formula is C19H26ClNO. The average molecular weight is 320 g/mol. The van der Waals surface area contributed by atoms with Crippen molar-refractivity contribution in [2.75, 3.05) is 0 Å². The van der Waals surface area contributed by atoms with Gasteiger partial charge in [-0.25, -0.2) is 0 Å². The Labute approximate surface area is 138 Å². The number of hydrogen-bond donors (Lipinski definition) is 1. The molecule has 1 N–H and O–H groups in total. The number of carbonyl (C=O) groups is 1. The van der Waals surface area contributed by atoms with Gasteiger partial charge in [-0.3, -0.25) is 4.79 Å².